The molecular weight excluding hydrogens is 757 g/mol. The van der Waals surface area contributed by atoms with E-state index in [0.29, 0.717) is 41.4 Å². The Morgan fingerprint density at radius 2 is 1.25 bits per heavy atom. The van der Waals surface area contributed by atoms with E-state index in [1.54, 1.807) is 50.2 Å². The van der Waals surface area contributed by atoms with Crippen LogP contribution in [-0.4, -0.2) is 74.3 Å². The number of benzene rings is 5. The highest BCUT2D eigenvalue weighted by Gasteiger charge is 2.27. The molecule has 0 unspecified atom stereocenters. The summed E-state index contributed by atoms with van der Waals surface area (Å²) in [5, 5.41) is 28.1. The van der Waals surface area contributed by atoms with Crippen LogP contribution in [0.25, 0.3) is 0 Å². The van der Waals surface area contributed by atoms with Gasteiger partial charge in [-0.3, -0.25) is 4.18 Å². The summed E-state index contributed by atoms with van der Waals surface area (Å²) < 4.78 is 54.6. The lowest BCUT2D eigenvalue weighted by Gasteiger charge is -2.27. The Morgan fingerprint density at radius 3 is 1.79 bits per heavy atom. The molecule has 3 N–H and O–H groups in total. The third kappa shape index (κ3) is 12.0. The normalized spacial score (nSPS) is 15.2. The first-order valence-electron chi connectivity index (χ1n) is 17.9. The van der Waals surface area contributed by atoms with Crippen LogP contribution in [0, 0.1) is 20.8 Å². The van der Waals surface area contributed by atoms with E-state index in [1.165, 1.54) is 12.1 Å². The van der Waals surface area contributed by atoms with Gasteiger partial charge in [-0.2, -0.15) is 8.42 Å². The van der Waals surface area contributed by atoms with Gasteiger partial charge in [-0.25, -0.2) is 9.59 Å². The van der Waals surface area contributed by atoms with Gasteiger partial charge in [0.25, 0.3) is 10.1 Å². The molecule has 0 spiro atoms. The first-order chi connectivity index (χ1) is 27.4. The van der Waals surface area contributed by atoms with Gasteiger partial charge in [0, 0.05) is 11.1 Å². The van der Waals surface area contributed by atoms with Gasteiger partial charge in [0.15, 0.2) is 29.1 Å². The Hall–Kier alpha value is -5.93. The molecule has 2 heterocycles. The number of aryl methyl sites for hydroxylation is 1. The number of carbonyl (C=O) groups is 2. The highest BCUT2D eigenvalue weighted by molar-refractivity contribution is 7.86. The monoisotopic (exact) mass is 800 g/mol. The lowest BCUT2D eigenvalue weighted by molar-refractivity contribution is 0.0425. The van der Waals surface area contributed by atoms with Crippen molar-refractivity contribution in [3.63, 3.8) is 0 Å². The van der Waals surface area contributed by atoms with Crippen molar-refractivity contribution < 1.29 is 61.2 Å². The van der Waals surface area contributed by atoms with Crippen molar-refractivity contribution in [3.05, 3.63) is 148 Å². The van der Waals surface area contributed by atoms with Gasteiger partial charge < -0.3 is 39.0 Å². The third-order valence-corrected chi connectivity index (χ3v) is 9.97. The molecule has 5 aromatic carbocycles. The summed E-state index contributed by atoms with van der Waals surface area (Å²) in [6, 6.07) is 31.4. The zero-order valence-corrected chi connectivity index (χ0v) is 32.4. The van der Waals surface area contributed by atoms with E-state index in [0.717, 1.165) is 16.7 Å². The quantitative estimate of drug-likeness (QED) is 0.0581. The number of aliphatic hydroxyl groups is 1. The number of aliphatic hydroxyl groups excluding tert-OH is 1. The van der Waals surface area contributed by atoms with Crippen molar-refractivity contribution >= 4 is 22.1 Å². The smallest absolute Gasteiger partial charge is 0.338 e. The fourth-order valence-corrected chi connectivity index (χ4v) is 6.17. The van der Waals surface area contributed by atoms with Crippen LogP contribution in [-0.2, 0) is 41.7 Å². The number of ether oxygens (including phenoxy) is 5. The lowest BCUT2D eigenvalue weighted by Crippen LogP contribution is -2.32. The summed E-state index contributed by atoms with van der Waals surface area (Å²) in [6.45, 7) is 6.46. The fourth-order valence-electron chi connectivity index (χ4n) is 5.23. The number of fused-ring (bicyclic) bond motifs is 1. The van der Waals surface area contributed by atoms with E-state index >= 15 is 0 Å². The van der Waals surface area contributed by atoms with E-state index in [2.05, 4.69) is 0 Å². The van der Waals surface area contributed by atoms with Gasteiger partial charge in [0.05, 0.1) is 35.8 Å². The molecule has 5 aromatic rings. The topological polar surface area (TPSA) is 188 Å². The minimum atomic E-state index is -3.61. The molecule has 1 fully saturated rings. The first kappa shape index (κ1) is 42.2. The van der Waals surface area contributed by atoms with Gasteiger partial charge in [-0.15, -0.1) is 0 Å². The molecule has 2 atom stereocenters. The molecule has 0 bridgehead atoms. The maximum atomic E-state index is 12.3. The van der Waals surface area contributed by atoms with Gasteiger partial charge in [0.1, 0.15) is 25.9 Å². The van der Waals surface area contributed by atoms with Crippen LogP contribution >= 0.6 is 0 Å². The number of esters is 2. The summed E-state index contributed by atoms with van der Waals surface area (Å²) in [7, 11) is -3.61. The number of hydrogen-bond donors (Lipinski definition) is 3. The number of aromatic hydroxyl groups is 2. The van der Waals surface area contributed by atoms with Gasteiger partial charge >= 0.3 is 11.9 Å². The second-order valence-electron chi connectivity index (χ2n) is 13.0. The predicted molar refractivity (Wildman–Crippen MR) is 208 cm³/mol. The van der Waals surface area contributed by atoms with Gasteiger partial charge in [-0.1, -0.05) is 78.4 Å². The molecule has 0 aromatic heterocycles. The molecule has 1 saturated heterocycles. The standard InChI is InChI=1S/C18H18O5.C15H14O4.C10H12O4S/c1-12-15(18(20)22-10-13-5-3-2-4-6-13)7-8-16-17(12)23-14(9-19)11-21-16;1-10-12(7-8-13(16)14(10)17)15(18)19-9-11-5-3-2-4-6-11;1-8-2-4-10(5-3-8)15(11,12)14-7-9-6-13-9/h2-8,14,19H,9-11H2,1H3;2-8,16-17H,9H2,1H3;2-5,9H,6-7H2,1H3/t14-;;9-/m0.1/s1. The number of hydrogen-bond acceptors (Lipinski definition) is 13. The molecule has 2 aliphatic heterocycles. The first-order valence-corrected chi connectivity index (χ1v) is 19.3. The van der Waals surface area contributed by atoms with E-state index in [-0.39, 0.29) is 54.5 Å². The second-order valence-corrected chi connectivity index (χ2v) is 14.7. The number of carbonyl (C=O) groups excluding carboxylic acids is 2. The summed E-state index contributed by atoms with van der Waals surface area (Å²) in [5.41, 5.74) is 4.46. The second kappa shape index (κ2) is 19.8. The van der Waals surface area contributed by atoms with E-state index in [1.807, 2.05) is 67.6 Å². The average Bonchev–Trinajstić information content (AvgIpc) is 4.07. The Bertz CT molecular complexity index is 2220. The van der Waals surface area contributed by atoms with Crippen LogP contribution in [0.3, 0.4) is 0 Å². The van der Waals surface area contributed by atoms with Gasteiger partial charge in [-0.05, 0) is 68.3 Å². The van der Waals surface area contributed by atoms with Crippen LogP contribution in [0.2, 0.25) is 0 Å². The zero-order chi connectivity index (χ0) is 41.0. The maximum Gasteiger partial charge on any atom is 0.338 e. The summed E-state index contributed by atoms with van der Waals surface area (Å²) in [6.07, 6.45) is -0.470. The minimum absolute atomic E-state index is 0.0507. The Balaban J connectivity index is 0.000000167. The van der Waals surface area contributed by atoms with E-state index in [4.69, 9.17) is 27.9 Å². The highest BCUT2D eigenvalue weighted by atomic mass is 32.2. The van der Waals surface area contributed by atoms with E-state index in [9.17, 15) is 33.3 Å². The van der Waals surface area contributed by atoms with Crippen molar-refractivity contribution in [3.8, 4) is 23.0 Å². The number of rotatable bonds is 11. The molecule has 14 heteroatoms. The molecule has 0 amide bonds. The molecule has 300 valence electrons. The zero-order valence-electron chi connectivity index (χ0n) is 31.6. The van der Waals surface area contributed by atoms with Crippen molar-refractivity contribution in [2.45, 2.75) is 51.1 Å². The number of phenolic OH excluding ortho intramolecular Hbond substituents is 2. The number of phenols is 2. The largest absolute Gasteiger partial charge is 0.504 e. The summed E-state index contributed by atoms with van der Waals surface area (Å²) in [4.78, 5) is 24.4. The third-order valence-electron chi connectivity index (χ3n) is 8.68. The Labute approximate surface area is 331 Å². The van der Waals surface area contributed by atoms with Crippen LogP contribution in [0.15, 0.2) is 114 Å². The molecule has 57 heavy (non-hydrogen) atoms. The average molecular weight is 801 g/mol. The van der Waals surface area contributed by atoms with Crippen LogP contribution in [0.5, 0.6) is 23.0 Å². The highest BCUT2D eigenvalue weighted by Crippen LogP contribution is 2.37. The fraction of sp³-hybridized carbons (Fsp3) is 0.256. The van der Waals surface area contributed by atoms with Crippen molar-refractivity contribution in [2.75, 3.05) is 26.4 Å². The lowest BCUT2D eigenvalue weighted by atomic mass is 10.1. The molecular formula is C43H44O13S. The van der Waals surface area contributed by atoms with Crippen LogP contribution in [0.4, 0.5) is 0 Å². The van der Waals surface area contributed by atoms with E-state index < -0.39 is 28.2 Å². The molecule has 7 rings (SSSR count). The summed E-state index contributed by atoms with van der Waals surface area (Å²) >= 11 is 0. The van der Waals surface area contributed by atoms with Crippen molar-refractivity contribution in [1.29, 1.82) is 0 Å². The SMILES string of the molecule is Cc1c(C(=O)OCc2ccccc2)ccc(O)c1O.Cc1c(C(=O)OCc2ccccc2)ccc2c1O[C@@H](CO)CO2.Cc1ccc(S(=O)(=O)OC[C@H]2CO2)cc1. The minimum Gasteiger partial charge on any atom is -0.504 e. The van der Waals surface area contributed by atoms with Gasteiger partial charge in [0.2, 0.25) is 0 Å². The summed E-state index contributed by atoms with van der Waals surface area (Å²) in [5.74, 6) is -0.428. The van der Waals surface area contributed by atoms with Crippen molar-refractivity contribution in [2.24, 2.45) is 0 Å². The molecule has 0 saturated carbocycles. The molecule has 0 aliphatic carbocycles. The maximum absolute atomic E-state index is 12.3. The Morgan fingerprint density at radius 1 is 0.702 bits per heavy atom. The molecule has 0 radical (unpaired) electrons. The predicted octanol–water partition coefficient (Wildman–Crippen LogP) is 6.35. The molecule has 2 aliphatic rings. The van der Waals surface area contributed by atoms with Crippen molar-refractivity contribution in [1.82, 2.24) is 0 Å². The van der Waals surface area contributed by atoms with Crippen LogP contribution in [0.1, 0.15) is 48.5 Å². The molecule has 13 nitrogen and oxygen atoms in total. The van der Waals surface area contributed by atoms with Crippen LogP contribution < -0.4 is 9.47 Å². The number of epoxide rings is 1. The Kier molecular flexibility index (Phi) is 14.7.